The Morgan fingerprint density at radius 3 is 2.74 bits per heavy atom. The lowest BCUT2D eigenvalue weighted by Gasteiger charge is -2.03. The summed E-state index contributed by atoms with van der Waals surface area (Å²) in [6.45, 7) is 1.58. The Kier molecular flexibility index (Phi) is 3.46. The van der Waals surface area contributed by atoms with E-state index in [-0.39, 0.29) is 5.69 Å². The minimum Gasteiger partial charge on any atom is -0.477 e. The van der Waals surface area contributed by atoms with E-state index < -0.39 is 21.1 Å². The number of nitrogens with one attached hydrogen (secondary N) is 1. The first-order chi connectivity index (χ1) is 8.79. The van der Waals surface area contributed by atoms with Crippen LogP contribution >= 0.6 is 11.3 Å². The van der Waals surface area contributed by atoms with Crippen molar-refractivity contribution in [1.29, 1.82) is 0 Å². The zero-order valence-electron chi connectivity index (χ0n) is 10.2. The second kappa shape index (κ2) is 4.78. The molecule has 2 aromatic heterocycles. The van der Waals surface area contributed by atoms with Crippen LogP contribution in [0.15, 0.2) is 17.6 Å². The molecular weight excluding hydrogens is 288 g/mol. The number of nitrogens with zero attached hydrogens (tertiary/aromatic N) is 1. The second-order valence-corrected chi connectivity index (χ2v) is 7.41. The Bertz CT molecular complexity index is 715. The van der Waals surface area contributed by atoms with Gasteiger partial charge in [0.15, 0.2) is 9.84 Å². The Balaban J connectivity index is 2.33. The van der Waals surface area contributed by atoms with E-state index in [1.807, 2.05) is 0 Å². The number of sulfone groups is 1. The van der Waals surface area contributed by atoms with Crippen molar-refractivity contribution in [3.63, 3.8) is 0 Å². The van der Waals surface area contributed by atoms with Gasteiger partial charge < -0.3 is 10.1 Å². The van der Waals surface area contributed by atoms with Crippen molar-refractivity contribution < 1.29 is 18.3 Å². The van der Waals surface area contributed by atoms with Crippen molar-refractivity contribution in [2.75, 3.05) is 6.26 Å². The highest BCUT2D eigenvalue weighted by atomic mass is 32.2. The third-order valence-electron chi connectivity index (χ3n) is 2.72. The van der Waals surface area contributed by atoms with E-state index in [4.69, 9.17) is 5.11 Å². The minimum atomic E-state index is -3.19. The van der Waals surface area contributed by atoms with Gasteiger partial charge in [0.25, 0.3) is 0 Å². The predicted molar refractivity (Wildman–Crippen MR) is 72.1 cm³/mol. The van der Waals surface area contributed by atoms with Crippen molar-refractivity contribution in [2.24, 2.45) is 0 Å². The maximum atomic E-state index is 11.5. The van der Waals surface area contributed by atoms with Gasteiger partial charge in [-0.15, -0.1) is 11.3 Å². The SMILES string of the molecule is CC(c1nc(-c2c[nH]c(C(=O)O)c2)cs1)S(C)(=O)=O. The Labute approximate surface area is 114 Å². The average molecular weight is 300 g/mol. The van der Waals surface area contributed by atoms with Crippen molar-refractivity contribution in [3.8, 4) is 11.3 Å². The fraction of sp³-hybridized carbons (Fsp3) is 0.273. The Hall–Kier alpha value is -1.67. The lowest BCUT2D eigenvalue weighted by atomic mass is 10.2. The summed E-state index contributed by atoms with van der Waals surface area (Å²) in [7, 11) is -3.19. The van der Waals surface area contributed by atoms with Gasteiger partial charge in [0.1, 0.15) is 16.0 Å². The highest BCUT2D eigenvalue weighted by Crippen LogP contribution is 2.29. The molecule has 8 heteroatoms. The van der Waals surface area contributed by atoms with Gasteiger partial charge in [-0.05, 0) is 13.0 Å². The van der Waals surface area contributed by atoms with E-state index in [2.05, 4.69) is 9.97 Å². The number of hydrogen-bond donors (Lipinski definition) is 2. The van der Waals surface area contributed by atoms with Crippen LogP contribution in [0.3, 0.4) is 0 Å². The van der Waals surface area contributed by atoms with Crippen LogP contribution in [0.2, 0.25) is 0 Å². The summed E-state index contributed by atoms with van der Waals surface area (Å²) in [6.07, 6.45) is 2.70. The molecule has 2 rings (SSSR count). The monoisotopic (exact) mass is 300 g/mol. The highest BCUT2D eigenvalue weighted by Gasteiger charge is 2.21. The molecule has 19 heavy (non-hydrogen) atoms. The molecule has 6 nitrogen and oxygen atoms in total. The molecule has 2 aromatic rings. The lowest BCUT2D eigenvalue weighted by molar-refractivity contribution is 0.0691. The van der Waals surface area contributed by atoms with E-state index in [0.717, 1.165) is 6.26 Å². The molecule has 0 aliphatic rings. The molecule has 0 aromatic carbocycles. The second-order valence-electron chi connectivity index (χ2n) is 4.15. The number of aromatic carboxylic acids is 1. The number of carboxylic acid groups (broad SMARTS) is 1. The van der Waals surface area contributed by atoms with Gasteiger partial charge in [-0.25, -0.2) is 18.2 Å². The molecule has 1 unspecified atom stereocenters. The minimum absolute atomic E-state index is 0.0701. The molecule has 0 radical (unpaired) electrons. The molecule has 1 atom stereocenters. The summed E-state index contributed by atoms with van der Waals surface area (Å²) in [6, 6.07) is 1.46. The fourth-order valence-corrected chi connectivity index (χ4v) is 3.33. The third-order valence-corrected chi connectivity index (χ3v) is 5.41. The first-order valence-corrected chi connectivity index (χ1v) is 8.19. The Morgan fingerprint density at radius 2 is 2.21 bits per heavy atom. The van der Waals surface area contributed by atoms with Crippen LogP contribution in [0, 0.1) is 0 Å². The largest absolute Gasteiger partial charge is 0.477 e. The van der Waals surface area contributed by atoms with Gasteiger partial charge in [0, 0.05) is 23.4 Å². The van der Waals surface area contributed by atoms with E-state index in [9.17, 15) is 13.2 Å². The van der Waals surface area contributed by atoms with Crippen molar-refractivity contribution in [3.05, 3.63) is 28.3 Å². The van der Waals surface area contributed by atoms with Crippen LogP contribution in [-0.4, -0.2) is 35.7 Å². The third kappa shape index (κ3) is 2.85. The van der Waals surface area contributed by atoms with Crippen molar-refractivity contribution in [1.82, 2.24) is 9.97 Å². The van der Waals surface area contributed by atoms with Gasteiger partial charge in [0.05, 0.1) is 5.69 Å². The number of thiazole rings is 1. The summed E-state index contributed by atoms with van der Waals surface area (Å²) in [4.78, 5) is 17.6. The molecule has 0 spiro atoms. The molecule has 2 N–H and O–H groups in total. The number of rotatable bonds is 4. The first-order valence-electron chi connectivity index (χ1n) is 5.35. The molecule has 0 fully saturated rings. The zero-order valence-corrected chi connectivity index (χ0v) is 11.9. The number of carboxylic acids is 1. The van der Waals surface area contributed by atoms with Crippen LogP contribution in [0.5, 0.6) is 0 Å². The molecule has 2 heterocycles. The molecule has 0 aliphatic heterocycles. The standard InChI is InChI=1S/C11H12N2O4S2/c1-6(19(2,16)17)10-13-9(5-18-10)7-3-8(11(14)15)12-4-7/h3-6,12H,1-2H3,(H,14,15). The van der Waals surface area contributed by atoms with Crippen LogP contribution in [0.4, 0.5) is 0 Å². The van der Waals surface area contributed by atoms with Gasteiger partial charge in [-0.1, -0.05) is 0 Å². The number of H-pyrrole nitrogens is 1. The van der Waals surface area contributed by atoms with Crippen LogP contribution in [0.1, 0.15) is 27.7 Å². The van der Waals surface area contributed by atoms with Gasteiger partial charge in [-0.2, -0.15) is 0 Å². The van der Waals surface area contributed by atoms with Gasteiger partial charge in [-0.3, -0.25) is 0 Å². The van der Waals surface area contributed by atoms with Crippen LogP contribution in [-0.2, 0) is 9.84 Å². The van der Waals surface area contributed by atoms with Crippen LogP contribution in [0.25, 0.3) is 11.3 Å². The molecular formula is C11H12N2O4S2. The average Bonchev–Trinajstić information content (AvgIpc) is 2.95. The summed E-state index contributed by atoms with van der Waals surface area (Å²) < 4.78 is 22.9. The molecule has 0 bridgehead atoms. The summed E-state index contributed by atoms with van der Waals surface area (Å²) in [5, 5.41) is 10.4. The number of carbonyl (C=O) groups is 1. The number of aromatic nitrogens is 2. The summed E-state index contributed by atoms with van der Waals surface area (Å²) in [5.74, 6) is -1.05. The molecule has 0 saturated heterocycles. The highest BCUT2D eigenvalue weighted by molar-refractivity contribution is 7.91. The Morgan fingerprint density at radius 1 is 1.53 bits per heavy atom. The van der Waals surface area contributed by atoms with E-state index in [1.54, 1.807) is 12.3 Å². The van der Waals surface area contributed by atoms with E-state index in [1.165, 1.54) is 23.6 Å². The molecule has 0 amide bonds. The molecule has 0 saturated carbocycles. The predicted octanol–water partition coefficient (Wildman–Crippen LogP) is 1.94. The lowest BCUT2D eigenvalue weighted by Crippen LogP contribution is -2.07. The number of aromatic amines is 1. The summed E-state index contributed by atoms with van der Waals surface area (Å²) in [5.41, 5.74) is 1.26. The number of hydrogen-bond acceptors (Lipinski definition) is 5. The fourth-order valence-electron chi connectivity index (χ4n) is 1.46. The molecule has 102 valence electrons. The smallest absolute Gasteiger partial charge is 0.352 e. The zero-order chi connectivity index (χ0) is 14.2. The summed E-state index contributed by atoms with van der Waals surface area (Å²) >= 11 is 1.25. The maximum Gasteiger partial charge on any atom is 0.352 e. The van der Waals surface area contributed by atoms with Crippen molar-refractivity contribution >= 4 is 27.1 Å². The quantitative estimate of drug-likeness (QED) is 0.898. The van der Waals surface area contributed by atoms with Crippen LogP contribution < -0.4 is 0 Å². The van der Waals surface area contributed by atoms with Gasteiger partial charge in [0.2, 0.25) is 0 Å². The molecule has 0 aliphatic carbocycles. The van der Waals surface area contributed by atoms with E-state index >= 15 is 0 Å². The normalized spacial score (nSPS) is 13.4. The van der Waals surface area contributed by atoms with E-state index in [0.29, 0.717) is 16.3 Å². The topological polar surface area (TPSA) is 100 Å². The first kappa shape index (κ1) is 13.8. The maximum absolute atomic E-state index is 11.5. The van der Waals surface area contributed by atoms with Crippen molar-refractivity contribution in [2.45, 2.75) is 12.2 Å². The van der Waals surface area contributed by atoms with Gasteiger partial charge >= 0.3 is 5.97 Å².